The summed E-state index contributed by atoms with van der Waals surface area (Å²) in [6.45, 7) is 9.43. The van der Waals surface area contributed by atoms with Crippen LogP contribution < -0.4 is 10.6 Å². The third kappa shape index (κ3) is 12.3. The third-order valence-corrected chi connectivity index (χ3v) is 4.12. The minimum atomic E-state index is -0.539. The summed E-state index contributed by atoms with van der Waals surface area (Å²) in [6, 6.07) is 0. The summed E-state index contributed by atoms with van der Waals surface area (Å²) >= 11 is 0. The molecule has 5 nitrogen and oxygen atoms in total. The number of nitrogens with zero attached hydrogens (tertiary/aromatic N) is 1. The zero-order valence-corrected chi connectivity index (χ0v) is 18.1. The Hall–Kier alpha value is -0.0800. The van der Waals surface area contributed by atoms with E-state index in [0.717, 1.165) is 25.0 Å². The van der Waals surface area contributed by atoms with Gasteiger partial charge in [-0.2, -0.15) is 0 Å². The second kappa shape index (κ2) is 15.2. The predicted octanol–water partition coefficient (Wildman–Crippen LogP) is 3.16. The van der Waals surface area contributed by atoms with E-state index in [1.807, 2.05) is 0 Å². The Labute approximate surface area is 165 Å². The van der Waals surface area contributed by atoms with Gasteiger partial charge in [0.2, 0.25) is 0 Å². The van der Waals surface area contributed by atoms with Crippen molar-refractivity contribution in [3.05, 3.63) is 0 Å². The molecule has 1 atom stereocenters. The second-order valence-electron chi connectivity index (χ2n) is 7.02. The Balaban J connectivity index is 0.00000529. The molecule has 0 amide bonds. The summed E-state index contributed by atoms with van der Waals surface area (Å²) in [5.41, 5.74) is 0. The van der Waals surface area contributed by atoms with E-state index in [2.05, 4.69) is 36.4 Å². The van der Waals surface area contributed by atoms with Crippen LogP contribution in [0.15, 0.2) is 4.99 Å². The highest BCUT2D eigenvalue weighted by atomic mass is 127. The standard InChI is InChI=1S/C18H37N3O2.HI/c1-4-19-18(20-11-7-10-16-8-5-6-9-16)21-12-17(22)14-23-13-15(2)3;/h15-17,22H,4-14H2,1-3H3,(H2,19,20,21);1H. The Kier molecular flexibility index (Phi) is 15.1. The molecule has 0 heterocycles. The molecule has 1 rings (SSSR count). The lowest BCUT2D eigenvalue weighted by atomic mass is 10.0. The average Bonchev–Trinajstić information content (AvgIpc) is 3.02. The molecule has 0 aromatic rings. The first-order valence-electron chi connectivity index (χ1n) is 9.39. The van der Waals surface area contributed by atoms with Crippen molar-refractivity contribution in [3.8, 4) is 0 Å². The molecular formula is C18H38IN3O2. The SMILES string of the molecule is CCNC(=NCC(O)COCC(C)C)NCCCC1CCCC1.I. The minimum Gasteiger partial charge on any atom is -0.389 e. The summed E-state index contributed by atoms with van der Waals surface area (Å²) < 4.78 is 5.44. The molecule has 1 aliphatic rings. The maximum absolute atomic E-state index is 9.91. The molecule has 1 aliphatic carbocycles. The summed E-state index contributed by atoms with van der Waals surface area (Å²) in [6.07, 6.45) is 7.63. The largest absolute Gasteiger partial charge is 0.389 e. The van der Waals surface area contributed by atoms with Crippen LogP contribution in [0, 0.1) is 11.8 Å². The van der Waals surface area contributed by atoms with Crippen LogP contribution in [-0.4, -0.2) is 50.0 Å². The van der Waals surface area contributed by atoms with E-state index in [9.17, 15) is 5.11 Å². The van der Waals surface area contributed by atoms with Gasteiger partial charge in [-0.1, -0.05) is 39.5 Å². The van der Waals surface area contributed by atoms with E-state index in [0.29, 0.717) is 25.7 Å². The van der Waals surface area contributed by atoms with Gasteiger partial charge in [0.05, 0.1) is 19.3 Å². The van der Waals surface area contributed by atoms with E-state index in [4.69, 9.17) is 4.74 Å². The van der Waals surface area contributed by atoms with Gasteiger partial charge in [0.15, 0.2) is 5.96 Å². The zero-order valence-electron chi connectivity index (χ0n) is 15.7. The Morgan fingerprint density at radius 1 is 1.21 bits per heavy atom. The monoisotopic (exact) mass is 455 g/mol. The quantitative estimate of drug-likeness (QED) is 0.194. The van der Waals surface area contributed by atoms with Crippen LogP contribution in [0.2, 0.25) is 0 Å². The predicted molar refractivity (Wildman–Crippen MR) is 112 cm³/mol. The topological polar surface area (TPSA) is 65.9 Å². The number of rotatable bonds is 11. The van der Waals surface area contributed by atoms with Gasteiger partial charge in [0, 0.05) is 19.7 Å². The summed E-state index contributed by atoms with van der Waals surface area (Å²) in [7, 11) is 0. The Morgan fingerprint density at radius 2 is 1.92 bits per heavy atom. The molecule has 1 fully saturated rings. The lowest BCUT2D eigenvalue weighted by Gasteiger charge is -2.14. The second-order valence-corrected chi connectivity index (χ2v) is 7.02. The van der Waals surface area contributed by atoms with Crippen LogP contribution in [0.1, 0.15) is 59.3 Å². The van der Waals surface area contributed by atoms with E-state index in [1.165, 1.54) is 38.5 Å². The Morgan fingerprint density at radius 3 is 2.54 bits per heavy atom. The molecule has 3 N–H and O–H groups in total. The van der Waals surface area contributed by atoms with Crippen LogP contribution in [0.5, 0.6) is 0 Å². The number of nitrogens with one attached hydrogen (secondary N) is 2. The first-order chi connectivity index (χ1) is 11.1. The normalized spacial score (nSPS) is 17.0. The fraction of sp³-hybridized carbons (Fsp3) is 0.944. The van der Waals surface area contributed by atoms with Gasteiger partial charge in [-0.05, 0) is 31.6 Å². The van der Waals surface area contributed by atoms with Gasteiger partial charge in [0.25, 0.3) is 0 Å². The van der Waals surface area contributed by atoms with Crippen LogP contribution in [0.3, 0.4) is 0 Å². The lowest BCUT2D eigenvalue weighted by Crippen LogP contribution is -2.38. The van der Waals surface area contributed by atoms with E-state index >= 15 is 0 Å². The van der Waals surface area contributed by atoms with Gasteiger partial charge < -0.3 is 20.5 Å². The van der Waals surface area contributed by atoms with Crippen molar-refractivity contribution in [2.45, 2.75) is 65.4 Å². The van der Waals surface area contributed by atoms with Crippen molar-refractivity contribution in [2.24, 2.45) is 16.8 Å². The molecule has 0 aromatic heterocycles. The molecule has 0 spiro atoms. The van der Waals surface area contributed by atoms with Crippen LogP contribution >= 0.6 is 24.0 Å². The van der Waals surface area contributed by atoms with Crippen molar-refractivity contribution >= 4 is 29.9 Å². The van der Waals surface area contributed by atoms with Gasteiger partial charge >= 0.3 is 0 Å². The lowest BCUT2D eigenvalue weighted by molar-refractivity contribution is 0.0301. The summed E-state index contributed by atoms with van der Waals surface area (Å²) in [4.78, 5) is 4.44. The minimum absolute atomic E-state index is 0. The summed E-state index contributed by atoms with van der Waals surface area (Å²) in [5.74, 6) is 2.22. The first kappa shape index (κ1) is 23.9. The number of aliphatic imine (C=N–C) groups is 1. The first-order valence-corrected chi connectivity index (χ1v) is 9.39. The Bertz CT molecular complexity index is 321. The smallest absolute Gasteiger partial charge is 0.191 e. The van der Waals surface area contributed by atoms with Crippen LogP contribution in [-0.2, 0) is 4.74 Å². The zero-order chi connectivity index (χ0) is 16.9. The van der Waals surface area contributed by atoms with Gasteiger partial charge in [-0.15, -0.1) is 24.0 Å². The highest BCUT2D eigenvalue weighted by Crippen LogP contribution is 2.28. The number of hydrogen-bond acceptors (Lipinski definition) is 3. The molecule has 24 heavy (non-hydrogen) atoms. The van der Waals surface area contributed by atoms with E-state index < -0.39 is 6.10 Å². The van der Waals surface area contributed by atoms with Crippen LogP contribution in [0.25, 0.3) is 0 Å². The van der Waals surface area contributed by atoms with E-state index in [-0.39, 0.29) is 24.0 Å². The van der Waals surface area contributed by atoms with E-state index in [1.54, 1.807) is 0 Å². The third-order valence-electron chi connectivity index (χ3n) is 4.12. The van der Waals surface area contributed by atoms with Gasteiger partial charge in [-0.3, -0.25) is 4.99 Å². The number of guanidine groups is 1. The average molecular weight is 455 g/mol. The van der Waals surface area contributed by atoms with Crippen molar-refractivity contribution in [2.75, 3.05) is 32.8 Å². The van der Waals surface area contributed by atoms with Gasteiger partial charge in [0.1, 0.15) is 0 Å². The highest BCUT2D eigenvalue weighted by Gasteiger charge is 2.14. The number of halogens is 1. The van der Waals surface area contributed by atoms with Crippen molar-refractivity contribution in [1.82, 2.24) is 10.6 Å². The molecule has 0 saturated heterocycles. The summed E-state index contributed by atoms with van der Waals surface area (Å²) in [5, 5.41) is 16.5. The fourth-order valence-corrected chi connectivity index (χ4v) is 2.93. The molecule has 6 heteroatoms. The highest BCUT2D eigenvalue weighted by molar-refractivity contribution is 14.0. The molecule has 0 aliphatic heterocycles. The molecule has 1 saturated carbocycles. The number of ether oxygens (including phenoxy) is 1. The van der Waals surface area contributed by atoms with Crippen LogP contribution in [0.4, 0.5) is 0 Å². The maximum Gasteiger partial charge on any atom is 0.191 e. The number of aliphatic hydroxyl groups is 1. The number of hydrogen-bond donors (Lipinski definition) is 3. The molecular weight excluding hydrogens is 417 g/mol. The molecule has 0 bridgehead atoms. The van der Waals surface area contributed by atoms with Crippen molar-refractivity contribution in [3.63, 3.8) is 0 Å². The number of aliphatic hydroxyl groups excluding tert-OH is 1. The van der Waals surface area contributed by atoms with Crippen molar-refractivity contribution < 1.29 is 9.84 Å². The molecule has 0 radical (unpaired) electrons. The van der Waals surface area contributed by atoms with Crippen molar-refractivity contribution in [1.29, 1.82) is 0 Å². The fourth-order valence-electron chi connectivity index (χ4n) is 2.93. The van der Waals surface area contributed by atoms with Gasteiger partial charge in [-0.25, -0.2) is 0 Å². The molecule has 1 unspecified atom stereocenters. The molecule has 144 valence electrons. The maximum atomic E-state index is 9.91. The molecule has 0 aromatic carbocycles.